The van der Waals surface area contributed by atoms with Crippen molar-refractivity contribution >= 4 is 29.2 Å². The lowest BCUT2D eigenvalue weighted by Gasteiger charge is -2.18. The van der Waals surface area contributed by atoms with Crippen molar-refractivity contribution in [2.75, 3.05) is 5.32 Å². The molecule has 8 heteroatoms. The minimum Gasteiger partial charge on any atom is -0.447 e. The number of ether oxygens (including phenoxy) is 1. The van der Waals surface area contributed by atoms with Crippen LogP contribution in [0.4, 0.5) is 18.9 Å². The Morgan fingerprint density at radius 1 is 1.12 bits per heavy atom. The van der Waals surface area contributed by atoms with E-state index in [1.807, 2.05) is 0 Å². The van der Waals surface area contributed by atoms with Crippen molar-refractivity contribution < 1.29 is 27.5 Å². The number of amides is 1. The van der Waals surface area contributed by atoms with Crippen LogP contribution in [0.3, 0.4) is 0 Å². The Kier molecular flexibility index (Phi) is 5.69. The van der Waals surface area contributed by atoms with Gasteiger partial charge in [-0.3, -0.25) is 9.59 Å². The van der Waals surface area contributed by atoms with Crippen molar-refractivity contribution in [1.29, 1.82) is 0 Å². The van der Waals surface area contributed by atoms with Crippen molar-refractivity contribution in [3.05, 3.63) is 64.7 Å². The molecule has 0 aliphatic rings. The van der Waals surface area contributed by atoms with Crippen LogP contribution in [0.5, 0.6) is 0 Å². The lowest BCUT2D eigenvalue weighted by atomic mass is 10.1. The third-order valence-electron chi connectivity index (χ3n) is 3.18. The number of carbonyl (C=O) groups excluding carboxylic acids is 2. The maximum absolute atomic E-state index is 12.8. The zero-order valence-corrected chi connectivity index (χ0v) is 13.7. The smallest absolute Gasteiger partial charge is 0.416 e. The monoisotopic (exact) mass is 371 g/mol. The second-order valence-corrected chi connectivity index (χ2v) is 5.49. The van der Waals surface area contributed by atoms with Crippen molar-refractivity contribution in [3.8, 4) is 0 Å². The second kappa shape index (κ2) is 7.57. The molecule has 0 saturated carbocycles. The van der Waals surface area contributed by atoms with Gasteiger partial charge in [-0.05, 0) is 18.2 Å². The van der Waals surface area contributed by atoms with Crippen molar-refractivity contribution in [2.24, 2.45) is 0 Å². The second-order valence-electron chi connectivity index (χ2n) is 5.08. The van der Waals surface area contributed by atoms with Gasteiger partial charge >= 0.3 is 12.1 Å². The number of rotatable bonds is 4. The molecular weight excluding hydrogens is 359 g/mol. The van der Waals surface area contributed by atoms with E-state index in [1.54, 1.807) is 30.3 Å². The molecule has 1 atom stereocenters. The van der Waals surface area contributed by atoms with E-state index in [1.165, 1.54) is 0 Å². The van der Waals surface area contributed by atoms with E-state index in [0.717, 1.165) is 25.1 Å². The summed E-state index contributed by atoms with van der Waals surface area (Å²) in [5.41, 5.74) is -0.816. The van der Waals surface area contributed by atoms with Crippen LogP contribution in [-0.4, -0.2) is 11.9 Å². The molecule has 0 spiro atoms. The van der Waals surface area contributed by atoms with E-state index in [0.29, 0.717) is 5.56 Å². The lowest BCUT2D eigenvalue weighted by Crippen LogP contribution is -2.25. The Balaban J connectivity index is 2.31. The molecule has 2 rings (SSSR count). The average Bonchev–Trinajstić information content (AvgIpc) is 2.54. The van der Waals surface area contributed by atoms with Gasteiger partial charge in [0.15, 0.2) is 0 Å². The Morgan fingerprint density at radius 3 is 2.32 bits per heavy atom. The third-order valence-corrected chi connectivity index (χ3v) is 3.51. The Labute approximate surface area is 146 Å². The van der Waals surface area contributed by atoms with Gasteiger partial charge in [-0.1, -0.05) is 41.9 Å². The van der Waals surface area contributed by atoms with Crippen LogP contribution >= 0.6 is 11.6 Å². The number of hydrogen-bond donors (Lipinski definition) is 1. The molecule has 0 radical (unpaired) electrons. The highest BCUT2D eigenvalue weighted by atomic mass is 35.5. The predicted octanol–water partition coefficient (Wildman–Crippen LogP) is 4.60. The molecule has 0 bridgehead atoms. The van der Waals surface area contributed by atoms with Crippen LogP contribution in [0.2, 0.25) is 5.02 Å². The van der Waals surface area contributed by atoms with E-state index >= 15 is 0 Å². The molecule has 0 aliphatic carbocycles. The highest BCUT2D eigenvalue weighted by molar-refractivity contribution is 6.33. The minimum atomic E-state index is -4.58. The molecule has 132 valence electrons. The third kappa shape index (κ3) is 4.96. The summed E-state index contributed by atoms with van der Waals surface area (Å²) < 4.78 is 43.4. The molecule has 2 aromatic carbocycles. The van der Waals surface area contributed by atoms with Crippen LogP contribution in [0.25, 0.3) is 0 Å². The number of benzene rings is 2. The Hall–Kier alpha value is -2.54. The minimum absolute atomic E-state index is 0.0732. The van der Waals surface area contributed by atoms with Crippen molar-refractivity contribution in [2.45, 2.75) is 19.2 Å². The summed E-state index contributed by atoms with van der Waals surface area (Å²) in [6.07, 6.45) is -5.90. The summed E-state index contributed by atoms with van der Waals surface area (Å²) in [6, 6.07) is 10.6. The molecular formula is C17H13ClF3NO3. The molecule has 4 nitrogen and oxygen atoms in total. The first-order valence-corrected chi connectivity index (χ1v) is 7.46. The Morgan fingerprint density at radius 2 is 1.76 bits per heavy atom. The van der Waals surface area contributed by atoms with Gasteiger partial charge in [0.2, 0.25) is 6.10 Å². The molecule has 1 amide bonds. The summed E-state index contributed by atoms with van der Waals surface area (Å²) in [4.78, 5) is 23.7. The Bertz CT molecular complexity index is 778. The van der Waals surface area contributed by atoms with Crippen LogP contribution in [-0.2, 0) is 20.5 Å². The van der Waals surface area contributed by atoms with Gasteiger partial charge < -0.3 is 10.1 Å². The molecule has 1 N–H and O–H groups in total. The molecule has 2 aromatic rings. The van der Waals surface area contributed by atoms with Gasteiger partial charge in [0, 0.05) is 12.5 Å². The van der Waals surface area contributed by atoms with E-state index in [2.05, 4.69) is 5.32 Å². The van der Waals surface area contributed by atoms with Gasteiger partial charge in [0.05, 0.1) is 16.3 Å². The predicted molar refractivity (Wildman–Crippen MR) is 86.0 cm³/mol. The van der Waals surface area contributed by atoms with E-state index < -0.39 is 29.7 Å². The molecule has 25 heavy (non-hydrogen) atoms. The SMILES string of the molecule is CC(=O)O[C@H](C(=O)Nc1cc(C(F)(F)F)ccc1Cl)c1ccccc1. The highest BCUT2D eigenvalue weighted by Gasteiger charge is 2.32. The van der Waals surface area contributed by atoms with Gasteiger partial charge in [0.25, 0.3) is 5.91 Å². The maximum Gasteiger partial charge on any atom is 0.416 e. The summed E-state index contributed by atoms with van der Waals surface area (Å²) in [7, 11) is 0. The van der Waals surface area contributed by atoms with E-state index in [9.17, 15) is 22.8 Å². The first-order chi connectivity index (χ1) is 11.7. The number of anilines is 1. The summed E-state index contributed by atoms with van der Waals surface area (Å²) in [5, 5.41) is 2.21. The number of esters is 1. The fourth-order valence-electron chi connectivity index (χ4n) is 2.06. The van der Waals surface area contributed by atoms with Crippen LogP contribution in [0, 0.1) is 0 Å². The van der Waals surface area contributed by atoms with E-state index in [-0.39, 0.29) is 10.7 Å². The number of alkyl halides is 3. The first-order valence-electron chi connectivity index (χ1n) is 7.08. The van der Waals surface area contributed by atoms with Crippen molar-refractivity contribution in [3.63, 3.8) is 0 Å². The topological polar surface area (TPSA) is 55.4 Å². The van der Waals surface area contributed by atoms with Crippen LogP contribution < -0.4 is 5.32 Å². The number of halogens is 4. The number of nitrogens with one attached hydrogen (secondary N) is 1. The van der Waals surface area contributed by atoms with Gasteiger partial charge in [0.1, 0.15) is 0 Å². The zero-order chi connectivity index (χ0) is 18.6. The quantitative estimate of drug-likeness (QED) is 0.799. The molecule has 0 saturated heterocycles. The summed E-state index contributed by atoms with van der Waals surface area (Å²) in [6.45, 7) is 1.13. The van der Waals surface area contributed by atoms with Crippen molar-refractivity contribution in [1.82, 2.24) is 0 Å². The normalized spacial score (nSPS) is 12.4. The summed E-state index contributed by atoms with van der Waals surface area (Å²) >= 11 is 5.86. The van der Waals surface area contributed by atoms with Crippen LogP contribution in [0.15, 0.2) is 48.5 Å². The van der Waals surface area contributed by atoms with Gasteiger partial charge in [-0.25, -0.2) is 0 Å². The highest BCUT2D eigenvalue weighted by Crippen LogP contribution is 2.34. The van der Waals surface area contributed by atoms with E-state index in [4.69, 9.17) is 16.3 Å². The zero-order valence-electron chi connectivity index (χ0n) is 12.9. The molecule has 0 fully saturated rings. The van der Waals surface area contributed by atoms with Gasteiger partial charge in [-0.15, -0.1) is 0 Å². The van der Waals surface area contributed by atoms with Gasteiger partial charge in [-0.2, -0.15) is 13.2 Å². The molecule has 0 heterocycles. The first kappa shape index (κ1) is 18.8. The number of carbonyl (C=O) groups is 2. The molecule has 0 aliphatic heterocycles. The molecule has 0 aromatic heterocycles. The standard InChI is InChI=1S/C17H13ClF3NO3/c1-10(23)25-15(11-5-3-2-4-6-11)16(24)22-14-9-12(17(19,20)21)7-8-13(14)18/h2-9,15H,1H3,(H,22,24)/t15-/m0/s1. The lowest BCUT2D eigenvalue weighted by molar-refractivity contribution is -0.152. The molecule has 0 unspecified atom stereocenters. The fraction of sp³-hybridized carbons (Fsp3) is 0.176. The largest absolute Gasteiger partial charge is 0.447 e. The average molecular weight is 372 g/mol. The summed E-state index contributed by atoms with van der Waals surface area (Å²) in [5.74, 6) is -1.53. The van der Waals surface area contributed by atoms with Crippen LogP contribution in [0.1, 0.15) is 24.2 Å². The fourth-order valence-corrected chi connectivity index (χ4v) is 2.23. The number of hydrogen-bond acceptors (Lipinski definition) is 3. The maximum atomic E-state index is 12.8.